The van der Waals surface area contributed by atoms with E-state index in [1.54, 1.807) is 0 Å². The maximum atomic E-state index is 5.72. The minimum atomic E-state index is 0.0809. The van der Waals surface area contributed by atoms with Crippen LogP contribution in [0.15, 0.2) is 34.7 Å². The van der Waals surface area contributed by atoms with E-state index in [2.05, 4.69) is 49.6 Å². The summed E-state index contributed by atoms with van der Waals surface area (Å²) < 4.78 is 5.59. The highest BCUT2D eigenvalue weighted by Gasteiger charge is 2.16. The molecule has 2 aromatic rings. The van der Waals surface area contributed by atoms with Crippen molar-refractivity contribution in [1.29, 1.82) is 0 Å². The zero-order chi connectivity index (χ0) is 14.7. The van der Waals surface area contributed by atoms with Gasteiger partial charge in [-0.3, -0.25) is 11.3 Å². The van der Waals surface area contributed by atoms with Gasteiger partial charge in [0.25, 0.3) is 0 Å². The smallest absolute Gasteiger partial charge is 0.105 e. The van der Waals surface area contributed by atoms with Crippen molar-refractivity contribution in [3.8, 4) is 0 Å². The Morgan fingerprint density at radius 2 is 1.80 bits per heavy atom. The second-order valence-electron chi connectivity index (χ2n) is 5.69. The van der Waals surface area contributed by atoms with Crippen molar-refractivity contribution in [3.63, 3.8) is 0 Å². The maximum Gasteiger partial charge on any atom is 0.105 e. The van der Waals surface area contributed by atoms with E-state index in [4.69, 9.17) is 10.3 Å². The lowest BCUT2D eigenvalue weighted by Gasteiger charge is -2.16. The predicted octanol–water partition coefficient (Wildman–Crippen LogP) is 3.77. The van der Waals surface area contributed by atoms with Crippen LogP contribution in [0.2, 0.25) is 0 Å². The van der Waals surface area contributed by atoms with E-state index in [9.17, 15) is 0 Å². The van der Waals surface area contributed by atoms with Crippen molar-refractivity contribution in [1.82, 2.24) is 5.43 Å². The first-order chi connectivity index (χ1) is 9.51. The van der Waals surface area contributed by atoms with Crippen LogP contribution in [-0.4, -0.2) is 0 Å². The molecule has 0 amide bonds. The van der Waals surface area contributed by atoms with Crippen molar-refractivity contribution >= 4 is 0 Å². The molecule has 20 heavy (non-hydrogen) atoms. The number of nitrogens with one attached hydrogen (secondary N) is 1. The standard InChI is InChI=1S/C17H24N2O/c1-11(2)15-7-5-14(6-8-15)10-17(19-18)16-9-12(3)20-13(16)4/h5-9,11,17,19H,10,18H2,1-4H3. The normalized spacial score (nSPS) is 12.9. The van der Waals surface area contributed by atoms with Crippen molar-refractivity contribution < 1.29 is 4.42 Å². The highest BCUT2D eigenvalue weighted by atomic mass is 16.3. The summed E-state index contributed by atoms with van der Waals surface area (Å²) in [6.07, 6.45) is 0.856. The third-order valence-electron chi connectivity index (χ3n) is 3.74. The Morgan fingerprint density at radius 3 is 2.25 bits per heavy atom. The average molecular weight is 272 g/mol. The summed E-state index contributed by atoms with van der Waals surface area (Å²) in [5.74, 6) is 8.14. The first-order valence-electron chi connectivity index (χ1n) is 7.13. The molecule has 3 heteroatoms. The lowest BCUT2D eigenvalue weighted by molar-refractivity contribution is 0.484. The molecule has 3 nitrogen and oxygen atoms in total. The van der Waals surface area contributed by atoms with Gasteiger partial charge in [-0.05, 0) is 43.4 Å². The van der Waals surface area contributed by atoms with Gasteiger partial charge in [0.15, 0.2) is 0 Å². The quantitative estimate of drug-likeness (QED) is 0.643. The van der Waals surface area contributed by atoms with Crippen LogP contribution in [0.5, 0.6) is 0 Å². The molecule has 1 unspecified atom stereocenters. The zero-order valence-electron chi connectivity index (χ0n) is 12.7. The van der Waals surface area contributed by atoms with E-state index in [1.165, 1.54) is 11.1 Å². The van der Waals surface area contributed by atoms with Gasteiger partial charge in [0.2, 0.25) is 0 Å². The first-order valence-corrected chi connectivity index (χ1v) is 7.13. The number of hydrogen-bond donors (Lipinski definition) is 2. The Kier molecular flexibility index (Phi) is 4.63. The topological polar surface area (TPSA) is 51.2 Å². The lowest BCUT2D eigenvalue weighted by Crippen LogP contribution is -2.29. The molecule has 1 aromatic heterocycles. The molecule has 0 bridgehead atoms. The maximum absolute atomic E-state index is 5.72. The molecule has 3 N–H and O–H groups in total. The number of rotatable bonds is 5. The van der Waals surface area contributed by atoms with Crippen LogP contribution in [0.4, 0.5) is 0 Å². The molecule has 1 heterocycles. The third kappa shape index (κ3) is 3.30. The molecule has 1 atom stereocenters. The SMILES string of the molecule is Cc1cc(C(Cc2ccc(C(C)C)cc2)NN)c(C)o1. The van der Waals surface area contributed by atoms with E-state index >= 15 is 0 Å². The van der Waals surface area contributed by atoms with Crippen LogP contribution in [0.3, 0.4) is 0 Å². The molecule has 2 rings (SSSR count). The van der Waals surface area contributed by atoms with Crippen molar-refractivity contribution in [2.24, 2.45) is 5.84 Å². The summed E-state index contributed by atoms with van der Waals surface area (Å²) in [7, 11) is 0. The van der Waals surface area contributed by atoms with Crippen molar-refractivity contribution in [2.45, 2.75) is 46.1 Å². The van der Waals surface area contributed by atoms with Gasteiger partial charge in [-0.1, -0.05) is 38.1 Å². The average Bonchev–Trinajstić information content (AvgIpc) is 2.75. The van der Waals surface area contributed by atoms with Gasteiger partial charge >= 0.3 is 0 Å². The first kappa shape index (κ1) is 14.8. The number of nitrogens with two attached hydrogens (primary N) is 1. The molecule has 0 fully saturated rings. The van der Waals surface area contributed by atoms with Crippen molar-refractivity contribution in [3.05, 3.63) is 58.5 Å². The number of hydrazine groups is 1. The molecular weight excluding hydrogens is 248 g/mol. The summed E-state index contributed by atoms with van der Waals surface area (Å²) in [4.78, 5) is 0. The van der Waals surface area contributed by atoms with Crippen LogP contribution in [0.25, 0.3) is 0 Å². The molecule has 0 spiro atoms. The highest BCUT2D eigenvalue weighted by molar-refractivity contribution is 5.29. The molecule has 0 radical (unpaired) electrons. The second-order valence-corrected chi connectivity index (χ2v) is 5.69. The van der Waals surface area contributed by atoms with Gasteiger partial charge in [0, 0.05) is 5.56 Å². The van der Waals surface area contributed by atoms with Crippen LogP contribution in [0, 0.1) is 13.8 Å². The number of benzene rings is 1. The van der Waals surface area contributed by atoms with E-state index in [0.717, 1.165) is 23.5 Å². The monoisotopic (exact) mass is 272 g/mol. The molecular formula is C17H24N2O. The van der Waals surface area contributed by atoms with E-state index < -0.39 is 0 Å². The highest BCUT2D eigenvalue weighted by Crippen LogP contribution is 2.25. The summed E-state index contributed by atoms with van der Waals surface area (Å²) in [6, 6.07) is 10.9. The Bertz CT molecular complexity index is 555. The fourth-order valence-electron chi connectivity index (χ4n) is 2.53. The fourth-order valence-corrected chi connectivity index (χ4v) is 2.53. The number of furan rings is 1. The molecule has 108 valence electrons. The van der Waals surface area contributed by atoms with Gasteiger partial charge in [-0.25, -0.2) is 0 Å². The molecule has 0 aliphatic rings. The fraction of sp³-hybridized carbons (Fsp3) is 0.412. The van der Waals surface area contributed by atoms with Gasteiger partial charge in [-0.2, -0.15) is 0 Å². The predicted molar refractivity (Wildman–Crippen MR) is 82.5 cm³/mol. The van der Waals surface area contributed by atoms with Crippen LogP contribution in [-0.2, 0) is 6.42 Å². The zero-order valence-corrected chi connectivity index (χ0v) is 12.7. The third-order valence-corrected chi connectivity index (χ3v) is 3.74. The van der Waals surface area contributed by atoms with E-state index in [0.29, 0.717) is 5.92 Å². The largest absolute Gasteiger partial charge is 0.466 e. The Hall–Kier alpha value is -1.58. The minimum absolute atomic E-state index is 0.0809. The molecule has 1 aromatic carbocycles. The molecule has 0 saturated carbocycles. The second kappa shape index (κ2) is 6.25. The van der Waals surface area contributed by atoms with Gasteiger partial charge in [0.05, 0.1) is 6.04 Å². The Balaban J connectivity index is 2.16. The van der Waals surface area contributed by atoms with Crippen LogP contribution in [0.1, 0.15) is 54.0 Å². The minimum Gasteiger partial charge on any atom is -0.466 e. The Labute approximate surface area is 121 Å². The van der Waals surface area contributed by atoms with Gasteiger partial charge in [-0.15, -0.1) is 0 Å². The molecule has 0 aliphatic heterocycles. The van der Waals surface area contributed by atoms with Crippen molar-refractivity contribution in [2.75, 3.05) is 0 Å². The molecule has 0 aliphatic carbocycles. The van der Waals surface area contributed by atoms with Crippen LogP contribution >= 0.6 is 0 Å². The summed E-state index contributed by atoms with van der Waals surface area (Å²) in [5, 5.41) is 0. The molecule has 0 saturated heterocycles. The summed E-state index contributed by atoms with van der Waals surface area (Å²) in [6.45, 7) is 8.35. The summed E-state index contributed by atoms with van der Waals surface area (Å²) in [5.41, 5.74) is 6.67. The van der Waals surface area contributed by atoms with E-state index in [-0.39, 0.29) is 6.04 Å². The van der Waals surface area contributed by atoms with Gasteiger partial charge in [0.1, 0.15) is 11.5 Å². The van der Waals surface area contributed by atoms with E-state index in [1.807, 2.05) is 13.8 Å². The lowest BCUT2D eigenvalue weighted by atomic mass is 9.96. The Morgan fingerprint density at radius 1 is 1.15 bits per heavy atom. The summed E-state index contributed by atoms with van der Waals surface area (Å²) >= 11 is 0. The number of hydrogen-bond acceptors (Lipinski definition) is 3. The number of aryl methyl sites for hydroxylation is 2. The van der Waals surface area contributed by atoms with Crippen LogP contribution < -0.4 is 11.3 Å². The van der Waals surface area contributed by atoms with Gasteiger partial charge < -0.3 is 4.42 Å².